The molecule has 1 atom stereocenters. The van der Waals surface area contributed by atoms with E-state index in [-0.39, 0.29) is 12.9 Å². The van der Waals surface area contributed by atoms with E-state index in [1.165, 1.54) is 0 Å². The highest BCUT2D eigenvalue weighted by Gasteiger charge is 2.03. The summed E-state index contributed by atoms with van der Waals surface area (Å²) in [5.74, 6) is 11.6. The van der Waals surface area contributed by atoms with Crippen molar-refractivity contribution in [1.29, 1.82) is 0 Å². The van der Waals surface area contributed by atoms with Gasteiger partial charge in [0.1, 0.15) is 13.6 Å². The number of rotatable bonds is 17. The van der Waals surface area contributed by atoms with Crippen LogP contribution in [-0.2, 0) is 32.2 Å². The van der Waals surface area contributed by atoms with Gasteiger partial charge in [-0.1, -0.05) is 116 Å². The minimum Gasteiger partial charge on any atom is -0.355 e. The predicted molar refractivity (Wildman–Crippen MR) is 150 cm³/mol. The summed E-state index contributed by atoms with van der Waals surface area (Å²) in [5.41, 5.74) is 2.28. The van der Waals surface area contributed by atoms with Crippen LogP contribution in [0.2, 0.25) is 0 Å². The summed E-state index contributed by atoms with van der Waals surface area (Å²) in [7, 11) is 0. The first-order valence-electron chi connectivity index (χ1n) is 12.8. The molecule has 0 fully saturated rings. The third-order valence-electron chi connectivity index (χ3n) is 4.98. The molecule has 4 heteroatoms. The first-order valence-corrected chi connectivity index (χ1v) is 12.8. The Morgan fingerprint density at radius 3 is 2.14 bits per heavy atom. The van der Waals surface area contributed by atoms with Crippen molar-refractivity contribution in [3.05, 3.63) is 108 Å². The van der Waals surface area contributed by atoms with Crippen LogP contribution in [0.15, 0.2) is 97.1 Å². The van der Waals surface area contributed by atoms with E-state index in [1.807, 2.05) is 85.0 Å². The van der Waals surface area contributed by atoms with Crippen LogP contribution >= 0.6 is 0 Å². The van der Waals surface area contributed by atoms with E-state index in [9.17, 15) is 0 Å². The lowest BCUT2D eigenvalue weighted by molar-refractivity contribution is -0.0840. The van der Waals surface area contributed by atoms with Crippen molar-refractivity contribution in [1.82, 2.24) is 0 Å². The molecule has 0 bridgehead atoms. The summed E-state index contributed by atoms with van der Waals surface area (Å²) in [5, 5.41) is 0. The number of benzene rings is 2. The fourth-order valence-corrected chi connectivity index (χ4v) is 3.11. The second kappa shape index (κ2) is 21.9. The standard InChI is InChI=1S/C33H38O4/c1-2-20-33(37-30-36-28-32-23-16-13-17-24-32)25-18-10-8-6-4-3-5-7-9-11-19-26-34-29-35-27-31-21-14-12-15-22-31/h4,6,8,10,12-18,21-25,33H,2,11,19-20,26-30H2,1H3/b6-4+,10-8+,25-18+. The van der Waals surface area contributed by atoms with E-state index in [0.717, 1.165) is 36.8 Å². The molecule has 0 radical (unpaired) electrons. The average Bonchev–Trinajstić information content (AvgIpc) is 2.93. The topological polar surface area (TPSA) is 36.9 Å². The molecular weight excluding hydrogens is 460 g/mol. The molecule has 0 aromatic heterocycles. The van der Waals surface area contributed by atoms with Gasteiger partial charge in [-0.3, -0.25) is 0 Å². The smallest absolute Gasteiger partial charge is 0.147 e. The predicted octanol–water partition coefficient (Wildman–Crippen LogP) is 6.99. The highest BCUT2D eigenvalue weighted by atomic mass is 16.7. The summed E-state index contributed by atoms with van der Waals surface area (Å²) in [6.45, 7) is 4.46. The van der Waals surface area contributed by atoms with Gasteiger partial charge in [-0.15, -0.1) is 0 Å². The maximum Gasteiger partial charge on any atom is 0.147 e. The lowest BCUT2D eigenvalue weighted by Gasteiger charge is -2.13. The van der Waals surface area contributed by atoms with E-state index >= 15 is 0 Å². The van der Waals surface area contributed by atoms with Gasteiger partial charge in [0.05, 0.1) is 25.9 Å². The van der Waals surface area contributed by atoms with E-state index < -0.39 is 0 Å². The third kappa shape index (κ3) is 16.8. The highest BCUT2D eigenvalue weighted by Crippen LogP contribution is 2.06. The molecule has 0 aliphatic carbocycles. The fourth-order valence-electron chi connectivity index (χ4n) is 3.11. The van der Waals surface area contributed by atoms with Gasteiger partial charge in [-0.05, 0) is 41.9 Å². The highest BCUT2D eigenvalue weighted by molar-refractivity contribution is 5.32. The normalized spacial score (nSPS) is 11.9. The molecule has 0 saturated carbocycles. The molecule has 0 heterocycles. The molecule has 1 unspecified atom stereocenters. The second-order valence-electron chi connectivity index (χ2n) is 8.11. The summed E-state index contributed by atoms with van der Waals surface area (Å²) in [4.78, 5) is 0. The number of allylic oxidation sites excluding steroid dienone is 5. The zero-order valence-corrected chi connectivity index (χ0v) is 21.8. The number of unbranched alkanes of at least 4 members (excludes halogenated alkanes) is 1. The lowest BCUT2D eigenvalue weighted by Crippen LogP contribution is -2.12. The van der Waals surface area contributed by atoms with Crippen molar-refractivity contribution in [3.8, 4) is 23.7 Å². The van der Waals surface area contributed by atoms with Gasteiger partial charge >= 0.3 is 0 Å². The van der Waals surface area contributed by atoms with Gasteiger partial charge in [-0.25, -0.2) is 0 Å². The fraction of sp³-hybridized carbons (Fsp3) is 0.333. The molecule has 2 rings (SSSR count). The molecule has 0 aliphatic heterocycles. The Morgan fingerprint density at radius 1 is 0.757 bits per heavy atom. The van der Waals surface area contributed by atoms with Gasteiger partial charge in [-0.2, -0.15) is 0 Å². The SMILES string of the molecule is CCCC(/C=C/C=C/C=C/C#CC#CCCCOCOCc1ccccc1)OCOCc1ccccc1. The zero-order chi connectivity index (χ0) is 26.1. The van der Waals surface area contributed by atoms with Crippen LogP contribution in [0.25, 0.3) is 0 Å². The van der Waals surface area contributed by atoms with Crippen LogP contribution in [0, 0.1) is 23.7 Å². The molecule has 4 nitrogen and oxygen atoms in total. The maximum atomic E-state index is 5.83. The van der Waals surface area contributed by atoms with Crippen LogP contribution in [0.1, 0.15) is 43.7 Å². The van der Waals surface area contributed by atoms with Crippen molar-refractivity contribution < 1.29 is 18.9 Å². The molecule has 2 aromatic rings. The third-order valence-corrected chi connectivity index (χ3v) is 4.98. The van der Waals surface area contributed by atoms with Crippen LogP contribution in [0.3, 0.4) is 0 Å². The first-order chi connectivity index (χ1) is 18.4. The van der Waals surface area contributed by atoms with Gasteiger partial charge in [0.15, 0.2) is 0 Å². The molecule has 37 heavy (non-hydrogen) atoms. The van der Waals surface area contributed by atoms with E-state index in [1.54, 1.807) is 6.08 Å². The van der Waals surface area contributed by atoms with Crippen molar-refractivity contribution in [2.24, 2.45) is 0 Å². The van der Waals surface area contributed by atoms with Crippen molar-refractivity contribution in [2.45, 2.75) is 51.9 Å². The molecule has 0 saturated heterocycles. The molecule has 0 N–H and O–H groups in total. The van der Waals surface area contributed by atoms with Crippen molar-refractivity contribution in [3.63, 3.8) is 0 Å². The van der Waals surface area contributed by atoms with Gasteiger partial charge in [0.25, 0.3) is 0 Å². The summed E-state index contributed by atoms with van der Waals surface area (Å²) in [6, 6.07) is 20.1. The van der Waals surface area contributed by atoms with E-state index in [4.69, 9.17) is 18.9 Å². The van der Waals surface area contributed by atoms with Gasteiger partial charge < -0.3 is 18.9 Å². The number of hydrogen-bond acceptors (Lipinski definition) is 4. The second-order valence-corrected chi connectivity index (χ2v) is 8.11. The molecule has 194 valence electrons. The Hall–Kier alpha value is -3.38. The summed E-state index contributed by atoms with van der Waals surface area (Å²) >= 11 is 0. The van der Waals surface area contributed by atoms with Crippen LogP contribution < -0.4 is 0 Å². The zero-order valence-electron chi connectivity index (χ0n) is 21.8. The Kier molecular flexibility index (Phi) is 17.6. The lowest BCUT2D eigenvalue weighted by atomic mass is 10.2. The van der Waals surface area contributed by atoms with Crippen LogP contribution in [-0.4, -0.2) is 26.3 Å². The van der Waals surface area contributed by atoms with Crippen molar-refractivity contribution in [2.75, 3.05) is 20.2 Å². The Balaban J connectivity index is 1.50. The molecule has 2 aromatic carbocycles. The quantitative estimate of drug-likeness (QED) is 0.102. The first kappa shape index (κ1) is 29.8. The summed E-state index contributed by atoms with van der Waals surface area (Å²) in [6.07, 6.45) is 15.3. The number of hydrogen-bond donors (Lipinski definition) is 0. The Labute approximate surface area is 223 Å². The van der Waals surface area contributed by atoms with E-state index in [2.05, 4.69) is 36.7 Å². The molecule has 0 amide bonds. The van der Waals surface area contributed by atoms with Gasteiger partial charge in [0.2, 0.25) is 0 Å². The minimum atomic E-state index is 0.0386. The molecule has 0 spiro atoms. The number of ether oxygens (including phenoxy) is 4. The Bertz CT molecular complexity index is 1030. The van der Waals surface area contributed by atoms with Crippen LogP contribution in [0.4, 0.5) is 0 Å². The maximum absolute atomic E-state index is 5.83. The minimum absolute atomic E-state index is 0.0386. The van der Waals surface area contributed by atoms with Gasteiger partial charge in [0, 0.05) is 6.42 Å². The summed E-state index contributed by atoms with van der Waals surface area (Å²) < 4.78 is 22.4. The largest absolute Gasteiger partial charge is 0.355 e. The molecular formula is C33H38O4. The average molecular weight is 499 g/mol. The van der Waals surface area contributed by atoms with Crippen LogP contribution in [0.5, 0.6) is 0 Å². The van der Waals surface area contributed by atoms with E-state index in [0.29, 0.717) is 26.6 Å². The monoisotopic (exact) mass is 498 g/mol. The molecule has 0 aliphatic rings. The Morgan fingerprint density at radius 2 is 1.43 bits per heavy atom. The van der Waals surface area contributed by atoms with Crippen molar-refractivity contribution >= 4 is 0 Å².